The van der Waals surface area contributed by atoms with Gasteiger partial charge in [0, 0.05) is 30.8 Å². The number of nitrogens with one attached hydrogen (secondary N) is 1. The topological polar surface area (TPSA) is 56.2 Å². The zero-order valence-electron chi connectivity index (χ0n) is 18.2. The number of imidazole rings is 1. The standard InChI is InChI=1S/C26H29N3O2/c1-19(2)26(30)27-16-15-25-28-22-12-5-6-13-23(22)29(25)17-8-18-31-24-14-7-10-20-9-3-4-11-21(20)24/h3-7,9-14,19H,8,15-18H2,1-2H3,(H,27,30). The lowest BCUT2D eigenvalue weighted by Gasteiger charge is -2.12. The molecule has 1 N–H and O–H groups in total. The first kappa shape index (κ1) is 20.9. The second kappa shape index (κ2) is 9.65. The zero-order valence-corrected chi connectivity index (χ0v) is 18.2. The molecule has 0 unspecified atom stereocenters. The number of hydrogen-bond donors (Lipinski definition) is 1. The van der Waals surface area contributed by atoms with Crippen LogP contribution in [0.4, 0.5) is 0 Å². The highest BCUT2D eigenvalue weighted by Gasteiger charge is 2.12. The van der Waals surface area contributed by atoms with E-state index in [-0.39, 0.29) is 11.8 Å². The predicted octanol–water partition coefficient (Wildman–Crippen LogP) is 4.97. The van der Waals surface area contributed by atoms with E-state index in [2.05, 4.69) is 34.1 Å². The summed E-state index contributed by atoms with van der Waals surface area (Å²) in [6, 6.07) is 22.6. The predicted molar refractivity (Wildman–Crippen MR) is 125 cm³/mol. The van der Waals surface area contributed by atoms with Crippen molar-refractivity contribution in [2.75, 3.05) is 13.2 Å². The Hall–Kier alpha value is -3.34. The van der Waals surface area contributed by atoms with Crippen LogP contribution < -0.4 is 10.1 Å². The second-order valence-electron chi connectivity index (χ2n) is 8.04. The lowest BCUT2D eigenvalue weighted by molar-refractivity contribution is -0.123. The minimum Gasteiger partial charge on any atom is -0.493 e. The summed E-state index contributed by atoms with van der Waals surface area (Å²) in [5.41, 5.74) is 2.11. The van der Waals surface area contributed by atoms with E-state index in [1.54, 1.807) is 0 Å². The van der Waals surface area contributed by atoms with Gasteiger partial charge in [-0.1, -0.05) is 62.4 Å². The van der Waals surface area contributed by atoms with Gasteiger partial charge >= 0.3 is 0 Å². The van der Waals surface area contributed by atoms with Crippen LogP contribution >= 0.6 is 0 Å². The quantitative estimate of drug-likeness (QED) is 0.393. The van der Waals surface area contributed by atoms with E-state index in [0.717, 1.165) is 41.0 Å². The van der Waals surface area contributed by atoms with Crippen molar-refractivity contribution in [3.8, 4) is 5.75 Å². The number of nitrogens with zero attached hydrogens (tertiary/aromatic N) is 2. The van der Waals surface area contributed by atoms with Crippen molar-refractivity contribution in [3.63, 3.8) is 0 Å². The number of para-hydroxylation sites is 2. The maximum Gasteiger partial charge on any atom is 0.222 e. The van der Waals surface area contributed by atoms with Gasteiger partial charge in [0.1, 0.15) is 11.6 Å². The fourth-order valence-electron chi connectivity index (χ4n) is 3.79. The number of hydrogen-bond acceptors (Lipinski definition) is 3. The number of aromatic nitrogens is 2. The lowest BCUT2D eigenvalue weighted by atomic mass is 10.1. The number of benzene rings is 3. The Kier molecular flexibility index (Phi) is 6.51. The van der Waals surface area contributed by atoms with Gasteiger partial charge in [0.25, 0.3) is 0 Å². The fourth-order valence-corrected chi connectivity index (χ4v) is 3.79. The SMILES string of the molecule is CC(C)C(=O)NCCc1nc2ccccc2n1CCCOc1cccc2ccccc12. The van der Waals surface area contributed by atoms with Crippen molar-refractivity contribution in [3.05, 3.63) is 72.6 Å². The van der Waals surface area contributed by atoms with E-state index in [4.69, 9.17) is 9.72 Å². The van der Waals surface area contributed by atoms with Crippen LogP contribution in [-0.4, -0.2) is 28.6 Å². The number of aryl methyl sites for hydroxylation is 1. The first-order valence-electron chi connectivity index (χ1n) is 11.0. The Morgan fingerprint density at radius 3 is 2.68 bits per heavy atom. The molecule has 4 rings (SSSR count). The van der Waals surface area contributed by atoms with E-state index < -0.39 is 0 Å². The summed E-state index contributed by atoms with van der Waals surface area (Å²) < 4.78 is 8.37. The van der Waals surface area contributed by atoms with Crippen LogP contribution in [0.15, 0.2) is 66.7 Å². The highest BCUT2D eigenvalue weighted by molar-refractivity contribution is 5.88. The van der Waals surface area contributed by atoms with Gasteiger partial charge in [-0.2, -0.15) is 0 Å². The number of rotatable bonds is 9. The third-order valence-corrected chi connectivity index (χ3v) is 5.44. The van der Waals surface area contributed by atoms with Gasteiger partial charge in [0.15, 0.2) is 0 Å². The minimum absolute atomic E-state index is 0.00923. The molecule has 5 heteroatoms. The molecule has 160 valence electrons. The average molecular weight is 416 g/mol. The molecule has 5 nitrogen and oxygen atoms in total. The van der Waals surface area contributed by atoms with Crippen LogP contribution in [0.5, 0.6) is 5.75 Å². The van der Waals surface area contributed by atoms with Crippen LogP contribution in [0.1, 0.15) is 26.1 Å². The molecular formula is C26H29N3O2. The largest absolute Gasteiger partial charge is 0.493 e. The van der Waals surface area contributed by atoms with E-state index in [0.29, 0.717) is 19.6 Å². The van der Waals surface area contributed by atoms with Gasteiger partial charge in [-0.3, -0.25) is 4.79 Å². The molecule has 0 atom stereocenters. The van der Waals surface area contributed by atoms with Gasteiger partial charge in [-0.25, -0.2) is 4.98 Å². The van der Waals surface area contributed by atoms with Crippen molar-refractivity contribution in [1.29, 1.82) is 0 Å². The Morgan fingerprint density at radius 2 is 1.81 bits per heavy atom. The van der Waals surface area contributed by atoms with Gasteiger partial charge < -0.3 is 14.6 Å². The zero-order chi connectivity index (χ0) is 21.6. The van der Waals surface area contributed by atoms with E-state index in [1.807, 2.05) is 56.3 Å². The normalized spacial score (nSPS) is 11.3. The number of carbonyl (C=O) groups excluding carboxylic acids is 1. The highest BCUT2D eigenvalue weighted by atomic mass is 16.5. The van der Waals surface area contributed by atoms with Gasteiger partial charge in [-0.05, 0) is 30.0 Å². The number of carbonyl (C=O) groups is 1. The maximum absolute atomic E-state index is 11.9. The molecule has 0 saturated heterocycles. The van der Waals surface area contributed by atoms with Gasteiger partial charge in [0.05, 0.1) is 17.6 Å². The molecule has 0 aliphatic heterocycles. The molecular weight excluding hydrogens is 386 g/mol. The van der Waals surface area contributed by atoms with Crippen molar-refractivity contribution < 1.29 is 9.53 Å². The Bertz CT molecular complexity index is 1170. The second-order valence-corrected chi connectivity index (χ2v) is 8.04. The molecule has 3 aromatic carbocycles. The Labute approximate surface area is 183 Å². The van der Waals surface area contributed by atoms with Crippen molar-refractivity contribution in [1.82, 2.24) is 14.9 Å². The summed E-state index contributed by atoms with van der Waals surface area (Å²) in [6.07, 6.45) is 1.58. The Balaban J connectivity index is 1.42. The number of amides is 1. The molecule has 0 aliphatic carbocycles. The summed E-state index contributed by atoms with van der Waals surface area (Å²) in [7, 11) is 0. The van der Waals surface area contributed by atoms with Gasteiger partial charge in [-0.15, -0.1) is 0 Å². The lowest BCUT2D eigenvalue weighted by Crippen LogP contribution is -2.30. The van der Waals surface area contributed by atoms with Crippen molar-refractivity contribution in [2.45, 2.75) is 33.2 Å². The maximum atomic E-state index is 11.9. The van der Waals surface area contributed by atoms with Gasteiger partial charge in [0.2, 0.25) is 5.91 Å². The molecule has 1 heterocycles. The van der Waals surface area contributed by atoms with Crippen molar-refractivity contribution >= 4 is 27.7 Å². The monoisotopic (exact) mass is 415 g/mol. The molecule has 0 aliphatic rings. The third-order valence-electron chi connectivity index (χ3n) is 5.44. The van der Waals surface area contributed by atoms with Crippen LogP contribution in [0.2, 0.25) is 0 Å². The molecule has 0 saturated carbocycles. The van der Waals surface area contributed by atoms with E-state index >= 15 is 0 Å². The molecule has 1 amide bonds. The minimum atomic E-state index is -0.00923. The van der Waals surface area contributed by atoms with Crippen LogP contribution in [-0.2, 0) is 17.8 Å². The first-order valence-corrected chi connectivity index (χ1v) is 11.0. The van der Waals surface area contributed by atoms with Crippen LogP contribution in [0, 0.1) is 5.92 Å². The summed E-state index contributed by atoms with van der Waals surface area (Å²) >= 11 is 0. The van der Waals surface area contributed by atoms with E-state index in [9.17, 15) is 4.79 Å². The molecule has 0 fully saturated rings. The average Bonchev–Trinajstić information content (AvgIpc) is 3.14. The summed E-state index contributed by atoms with van der Waals surface area (Å²) in [4.78, 5) is 16.7. The number of ether oxygens (including phenoxy) is 1. The molecule has 0 bridgehead atoms. The smallest absolute Gasteiger partial charge is 0.222 e. The molecule has 4 aromatic rings. The van der Waals surface area contributed by atoms with Crippen LogP contribution in [0.25, 0.3) is 21.8 Å². The number of fused-ring (bicyclic) bond motifs is 2. The highest BCUT2D eigenvalue weighted by Crippen LogP contribution is 2.25. The Morgan fingerprint density at radius 1 is 1.03 bits per heavy atom. The fraction of sp³-hybridized carbons (Fsp3) is 0.308. The third kappa shape index (κ3) is 4.88. The summed E-state index contributed by atoms with van der Waals surface area (Å²) in [5, 5.41) is 5.32. The summed E-state index contributed by atoms with van der Waals surface area (Å²) in [6.45, 7) is 5.84. The van der Waals surface area contributed by atoms with Crippen molar-refractivity contribution in [2.24, 2.45) is 5.92 Å². The molecule has 1 aromatic heterocycles. The van der Waals surface area contributed by atoms with E-state index in [1.165, 1.54) is 5.39 Å². The van der Waals surface area contributed by atoms with Crippen LogP contribution in [0.3, 0.4) is 0 Å². The molecule has 0 radical (unpaired) electrons. The molecule has 0 spiro atoms. The summed E-state index contributed by atoms with van der Waals surface area (Å²) in [5.74, 6) is 1.98. The molecule has 31 heavy (non-hydrogen) atoms. The first-order chi connectivity index (χ1) is 15.1.